The van der Waals surface area contributed by atoms with Crippen LogP contribution in [0.1, 0.15) is 15.9 Å². The zero-order chi connectivity index (χ0) is 10.0. The maximum atomic E-state index is 11.3. The lowest BCUT2D eigenvalue weighted by atomic mass is 10.0. The van der Waals surface area contributed by atoms with E-state index in [9.17, 15) is 9.90 Å². The molecule has 0 atom stereocenters. The van der Waals surface area contributed by atoms with Crippen molar-refractivity contribution < 1.29 is 9.90 Å². The molecule has 1 aromatic rings. The summed E-state index contributed by atoms with van der Waals surface area (Å²) in [6.07, 6.45) is 0. The largest absolute Gasteiger partial charge is 0.508 e. The molecule has 1 rings (SSSR count). The van der Waals surface area contributed by atoms with Gasteiger partial charge >= 0.3 is 0 Å². The molecular formula is C9H10BrNO2. The van der Waals surface area contributed by atoms with Gasteiger partial charge in [-0.15, -0.1) is 0 Å². The molecule has 3 nitrogen and oxygen atoms in total. The molecule has 3 N–H and O–H groups in total. The molecule has 0 aliphatic heterocycles. The number of carbonyl (C=O) groups excluding carboxylic acids is 1. The first-order valence-corrected chi connectivity index (χ1v) is 4.86. The molecular weight excluding hydrogens is 234 g/mol. The summed E-state index contributed by atoms with van der Waals surface area (Å²) < 4.78 is 0. The minimum Gasteiger partial charge on any atom is -0.508 e. The van der Waals surface area contributed by atoms with E-state index in [1.807, 2.05) is 0 Å². The number of carbonyl (C=O) groups is 1. The van der Waals surface area contributed by atoms with E-state index in [1.54, 1.807) is 13.0 Å². The molecule has 70 valence electrons. The van der Waals surface area contributed by atoms with E-state index in [0.29, 0.717) is 16.8 Å². The third kappa shape index (κ3) is 2.01. The Bertz CT molecular complexity index is 350. The van der Waals surface area contributed by atoms with Crippen LogP contribution in [0, 0.1) is 6.92 Å². The summed E-state index contributed by atoms with van der Waals surface area (Å²) in [7, 11) is 0. The van der Waals surface area contributed by atoms with Crippen molar-refractivity contribution >= 4 is 27.4 Å². The molecule has 0 saturated heterocycles. The van der Waals surface area contributed by atoms with E-state index in [4.69, 9.17) is 5.73 Å². The second-order valence-electron chi connectivity index (χ2n) is 2.77. The summed E-state index contributed by atoms with van der Waals surface area (Å²) in [5, 5.41) is 9.61. The van der Waals surface area contributed by atoms with Gasteiger partial charge in [0.1, 0.15) is 5.75 Å². The number of alkyl halides is 1. The number of rotatable bonds is 2. The molecule has 0 spiro atoms. The van der Waals surface area contributed by atoms with Crippen LogP contribution in [0.5, 0.6) is 5.75 Å². The van der Waals surface area contributed by atoms with Gasteiger partial charge in [0.2, 0.25) is 0 Å². The van der Waals surface area contributed by atoms with Gasteiger partial charge in [-0.2, -0.15) is 0 Å². The number of phenols is 1. The van der Waals surface area contributed by atoms with E-state index >= 15 is 0 Å². The lowest BCUT2D eigenvalue weighted by Crippen LogP contribution is -2.04. The van der Waals surface area contributed by atoms with Gasteiger partial charge in [0.15, 0.2) is 5.78 Å². The van der Waals surface area contributed by atoms with Gasteiger partial charge in [-0.1, -0.05) is 15.9 Å². The van der Waals surface area contributed by atoms with E-state index in [0.717, 1.165) is 0 Å². The summed E-state index contributed by atoms with van der Waals surface area (Å²) >= 11 is 3.06. The van der Waals surface area contributed by atoms with E-state index in [-0.39, 0.29) is 16.9 Å². The summed E-state index contributed by atoms with van der Waals surface area (Å²) in [6.45, 7) is 1.69. The zero-order valence-electron chi connectivity index (χ0n) is 7.17. The van der Waals surface area contributed by atoms with Crippen molar-refractivity contribution in [3.63, 3.8) is 0 Å². The predicted octanol–water partition coefficient (Wildman–Crippen LogP) is 1.86. The maximum Gasteiger partial charge on any atom is 0.173 e. The van der Waals surface area contributed by atoms with Crippen molar-refractivity contribution in [3.8, 4) is 5.75 Å². The average Bonchev–Trinajstić information content (AvgIpc) is 2.10. The standard InChI is InChI=1S/C9H10BrNO2/c1-5-7(9(13)4-10)2-6(11)3-8(5)12/h2-3,12H,4,11H2,1H3. The summed E-state index contributed by atoms with van der Waals surface area (Å²) in [6, 6.07) is 3.00. The number of halogens is 1. The van der Waals surface area contributed by atoms with Crippen molar-refractivity contribution in [2.45, 2.75) is 6.92 Å². The Balaban J connectivity index is 3.28. The highest BCUT2D eigenvalue weighted by Crippen LogP contribution is 2.24. The topological polar surface area (TPSA) is 63.3 Å². The highest BCUT2D eigenvalue weighted by molar-refractivity contribution is 9.09. The molecule has 4 heteroatoms. The maximum absolute atomic E-state index is 11.3. The number of nitrogens with two attached hydrogens (primary N) is 1. The number of nitrogen functional groups attached to an aromatic ring is 1. The molecule has 0 radical (unpaired) electrons. The molecule has 0 unspecified atom stereocenters. The van der Waals surface area contributed by atoms with Crippen molar-refractivity contribution in [3.05, 3.63) is 23.3 Å². The second-order valence-corrected chi connectivity index (χ2v) is 3.33. The smallest absolute Gasteiger partial charge is 0.173 e. The zero-order valence-corrected chi connectivity index (χ0v) is 8.76. The average molecular weight is 244 g/mol. The Labute approximate surface area is 84.7 Å². The third-order valence-corrected chi connectivity index (χ3v) is 2.33. The highest BCUT2D eigenvalue weighted by atomic mass is 79.9. The Kier molecular flexibility index (Phi) is 2.93. The van der Waals surface area contributed by atoms with Gasteiger partial charge in [0.25, 0.3) is 0 Å². The van der Waals surface area contributed by atoms with Gasteiger partial charge < -0.3 is 10.8 Å². The minimum atomic E-state index is -0.0832. The summed E-state index contributed by atoms with van der Waals surface area (Å²) in [5.74, 6) is -0.0237. The Morgan fingerprint density at radius 3 is 2.77 bits per heavy atom. The molecule has 0 aliphatic carbocycles. The first kappa shape index (κ1) is 10.1. The monoisotopic (exact) mass is 243 g/mol. The Morgan fingerprint density at radius 2 is 2.23 bits per heavy atom. The van der Waals surface area contributed by atoms with Crippen LogP contribution in [0.2, 0.25) is 0 Å². The molecule has 0 aromatic heterocycles. The van der Waals surface area contributed by atoms with Crippen LogP contribution in [-0.2, 0) is 0 Å². The van der Waals surface area contributed by atoms with Gasteiger partial charge in [0, 0.05) is 22.9 Å². The molecule has 0 aliphatic rings. The van der Waals surface area contributed by atoms with Crippen LogP contribution in [0.25, 0.3) is 0 Å². The number of ketones is 1. The number of phenolic OH excluding ortho intramolecular Hbond substituents is 1. The van der Waals surface area contributed by atoms with Crippen LogP contribution in [0.3, 0.4) is 0 Å². The number of benzene rings is 1. The number of Topliss-reactive ketones (excluding diaryl/α,β-unsaturated/α-hetero) is 1. The van der Waals surface area contributed by atoms with Gasteiger partial charge in [0.05, 0.1) is 5.33 Å². The fourth-order valence-corrected chi connectivity index (χ4v) is 1.38. The minimum absolute atomic E-state index is 0.0595. The first-order valence-electron chi connectivity index (χ1n) is 3.74. The summed E-state index contributed by atoms with van der Waals surface area (Å²) in [4.78, 5) is 11.3. The molecule has 0 amide bonds. The normalized spacial score (nSPS) is 10.0. The van der Waals surface area contributed by atoms with Crippen LogP contribution in [-0.4, -0.2) is 16.2 Å². The molecule has 0 fully saturated rings. The lowest BCUT2D eigenvalue weighted by molar-refractivity contribution is 0.102. The van der Waals surface area contributed by atoms with Gasteiger partial charge in [-0.3, -0.25) is 4.79 Å². The lowest BCUT2D eigenvalue weighted by Gasteiger charge is -2.06. The van der Waals surface area contributed by atoms with Crippen LogP contribution in [0.15, 0.2) is 12.1 Å². The van der Waals surface area contributed by atoms with Crippen molar-refractivity contribution in [2.24, 2.45) is 0 Å². The quantitative estimate of drug-likeness (QED) is 0.474. The summed E-state index contributed by atoms with van der Waals surface area (Å²) in [5.41, 5.74) is 6.92. The molecule has 0 saturated carbocycles. The number of aromatic hydroxyl groups is 1. The molecule has 1 aromatic carbocycles. The van der Waals surface area contributed by atoms with Crippen molar-refractivity contribution in [2.75, 3.05) is 11.1 Å². The predicted molar refractivity (Wildman–Crippen MR) is 55.4 cm³/mol. The third-order valence-electron chi connectivity index (χ3n) is 1.82. The van der Waals surface area contributed by atoms with E-state index in [1.165, 1.54) is 6.07 Å². The van der Waals surface area contributed by atoms with Crippen LogP contribution in [0.4, 0.5) is 5.69 Å². The highest BCUT2D eigenvalue weighted by Gasteiger charge is 2.11. The number of hydrogen-bond acceptors (Lipinski definition) is 3. The van der Waals surface area contributed by atoms with Gasteiger partial charge in [-0.25, -0.2) is 0 Å². The Hall–Kier alpha value is -1.03. The van der Waals surface area contributed by atoms with Gasteiger partial charge in [-0.05, 0) is 13.0 Å². The van der Waals surface area contributed by atoms with Crippen molar-refractivity contribution in [1.82, 2.24) is 0 Å². The van der Waals surface area contributed by atoms with Crippen LogP contribution >= 0.6 is 15.9 Å². The number of hydrogen-bond donors (Lipinski definition) is 2. The molecule has 0 heterocycles. The Morgan fingerprint density at radius 1 is 1.62 bits per heavy atom. The first-order chi connectivity index (χ1) is 6.06. The van der Waals surface area contributed by atoms with Crippen LogP contribution < -0.4 is 5.73 Å². The second kappa shape index (κ2) is 3.79. The van der Waals surface area contributed by atoms with E-state index in [2.05, 4.69) is 15.9 Å². The van der Waals surface area contributed by atoms with Crippen molar-refractivity contribution in [1.29, 1.82) is 0 Å². The fraction of sp³-hybridized carbons (Fsp3) is 0.222. The SMILES string of the molecule is Cc1c(O)cc(N)cc1C(=O)CBr. The van der Waals surface area contributed by atoms with E-state index < -0.39 is 0 Å². The molecule has 0 bridgehead atoms. The molecule has 13 heavy (non-hydrogen) atoms. The number of anilines is 1. The fourth-order valence-electron chi connectivity index (χ4n) is 1.08.